The summed E-state index contributed by atoms with van der Waals surface area (Å²) in [4.78, 5) is 14.5. The van der Waals surface area contributed by atoms with Crippen molar-refractivity contribution in [1.82, 2.24) is 4.98 Å². The van der Waals surface area contributed by atoms with Crippen LogP contribution in [0, 0.1) is 5.41 Å². The van der Waals surface area contributed by atoms with Gasteiger partial charge in [0, 0.05) is 6.20 Å². The lowest BCUT2D eigenvalue weighted by atomic mass is 10.2. The Kier molecular flexibility index (Phi) is 3.09. The molecule has 0 fully saturated rings. The average molecular weight is 174 g/mol. The molecule has 0 amide bonds. The van der Waals surface area contributed by atoms with E-state index in [4.69, 9.17) is 5.41 Å². The van der Waals surface area contributed by atoms with Crippen molar-refractivity contribution in [3.8, 4) is 0 Å². The van der Waals surface area contributed by atoms with Crippen LogP contribution in [-0.4, -0.2) is 16.5 Å². The summed E-state index contributed by atoms with van der Waals surface area (Å²) in [6.07, 6.45) is 4.42. The lowest BCUT2D eigenvalue weighted by molar-refractivity contribution is -0.112. The van der Waals surface area contributed by atoms with E-state index in [0.717, 1.165) is 0 Å². The number of pyridine rings is 1. The van der Waals surface area contributed by atoms with Gasteiger partial charge < -0.3 is 0 Å². The molecule has 0 aliphatic carbocycles. The predicted molar refractivity (Wildman–Crippen MR) is 50.9 cm³/mol. The minimum absolute atomic E-state index is 0.0688. The van der Waals surface area contributed by atoms with Gasteiger partial charge >= 0.3 is 0 Å². The van der Waals surface area contributed by atoms with Gasteiger partial charge in [-0.1, -0.05) is 6.07 Å². The van der Waals surface area contributed by atoms with Gasteiger partial charge in [-0.05, 0) is 31.2 Å². The predicted octanol–water partition coefficient (Wildman–Crippen LogP) is 1.59. The molecular formula is C10H10N2O. The molecule has 0 radical (unpaired) electrons. The number of allylic oxidation sites excluding steroid dienone is 2. The summed E-state index contributed by atoms with van der Waals surface area (Å²) in [5.41, 5.74) is 0.816. The first kappa shape index (κ1) is 9.32. The molecule has 1 aromatic heterocycles. The van der Waals surface area contributed by atoms with E-state index in [0.29, 0.717) is 5.69 Å². The number of rotatable bonds is 3. The van der Waals surface area contributed by atoms with Crippen molar-refractivity contribution < 1.29 is 4.79 Å². The van der Waals surface area contributed by atoms with E-state index in [1.54, 1.807) is 24.4 Å². The minimum Gasteiger partial charge on any atom is -0.299 e. The summed E-state index contributed by atoms with van der Waals surface area (Å²) in [5, 5.41) is 7.52. The van der Waals surface area contributed by atoms with Crippen molar-refractivity contribution in [1.29, 1.82) is 5.41 Å². The smallest absolute Gasteiger partial charge is 0.152 e. The second kappa shape index (κ2) is 4.30. The molecule has 0 saturated heterocycles. The van der Waals surface area contributed by atoms with Crippen LogP contribution in [0.2, 0.25) is 0 Å². The van der Waals surface area contributed by atoms with E-state index in [1.807, 2.05) is 0 Å². The molecule has 1 N–H and O–H groups in total. The van der Waals surface area contributed by atoms with Crippen LogP contribution in [0.25, 0.3) is 0 Å². The summed E-state index contributed by atoms with van der Waals surface area (Å²) in [5.74, 6) is -0.0688. The molecule has 0 atom stereocenters. The third-order valence-electron chi connectivity index (χ3n) is 1.43. The third-order valence-corrected chi connectivity index (χ3v) is 1.43. The van der Waals surface area contributed by atoms with Gasteiger partial charge in [0.25, 0.3) is 0 Å². The van der Waals surface area contributed by atoms with Crippen LogP contribution in [0.15, 0.2) is 36.5 Å². The summed E-state index contributed by atoms with van der Waals surface area (Å²) in [6.45, 7) is 1.45. The zero-order chi connectivity index (χ0) is 9.68. The summed E-state index contributed by atoms with van der Waals surface area (Å²) in [6, 6.07) is 5.32. The van der Waals surface area contributed by atoms with E-state index >= 15 is 0 Å². The van der Waals surface area contributed by atoms with Crippen LogP contribution in [0.5, 0.6) is 0 Å². The Morgan fingerprint density at radius 1 is 1.46 bits per heavy atom. The Hall–Kier alpha value is -1.77. The van der Waals surface area contributed by atoms with Crippen molar-refractivity contribution in [3.63, 3.8) is 0 Å². The molecule has 1 aromatic rings. The molecule has 13 heavy (non-hydrogen) atoms. The number of ketones is 1. The summed E-state index contributed by atoms with van der Waals surface area (Å²) in [7, 11) is 0. The number of hydrogen-bond acceptors (Lipinski definition) is 3. The Labute approximate surface area is 76.6 Å². The highest BCUT2D eigenvalue weighted by Gasteiger charge is 1.96. The van der Waals surface area contributed by atoms with E-state index in [9.17, 15) is 4.79 Å². The lowest BCUT2D eigenvalue weighted by Gasteiger charge is -1.94. The Morgan fingerprint density at radius 3 is 2.77 bits per heavy atom. The fraction of sp³-hybridized carbons (Fsp3) is 0.100. The molecule has 0 aliphatic rings. The number of carbonyl (C=O) groups excluding carboxylic acids is 1. The van der Waals surface area contributed by atoms with E-state index < -0.39 is 0 Å². The Balaban J connectivity index is 2.76. The molecule has 0 spiro atoms. The van der Waals surface area contributed by atoms with Crippen LogP contribution >= 0.6 is 0 Å². The molecule has 1 heterocycles. The SMILES string of the molecule is CC(=O)/C=C\C(=N)c1ccccn1. The van der Waals surface area contributed by atoms with E-state index in [1.165, 1.54) is 19.1 Å². The van der Waals surface area contributed by atoms with Crippen LogP contribution in [0.1, 0.15) is 12.6 Å². The van der Waals surface area contributed by atoms with Gasteiger partial charge in [0.1, 0.15) is 0 Å². The number of nitrogens with one attached hydrogen (secondary N) is 1. The van der Waals surface area contributed by atoms with Crippen LogP contribution in [-0.2, 0) is 4.79 Å². The quantitative estimate of drug-likeness (QED) is 0.559. The van der Waals surface area contributed by atoms with E-state index in [-0.39, 0.29) is 11.5 Å². The average Bonchev–Trinajstić information content (AvgIpc) is 2.15. The number of carbonyl (C=O) groups is 1. The maximum atomic E-state index is 10.6. The van der Waals surface area contributed by atoms with Crippen LogP contribution < -0.4 is 0 Å². The maximum absolute atomic E-state index is 10.6. The molecule has 3 nitrogen and oxygen atoms in total. The van der Waals surface area contributed by atoms with Crippen molar-refractivity contribution in [3.05, 3.63) is 42.2 Å². The monoisotopic (exact) mass is 174 g/mol. The Morgan fingerprint density at radius 2 is 2.23 bits per heavy atom. The first-order chi connectivity index (χ1) is 6.20. The molecule has 0 unspecified atom stereocenters. The number of aromatic nitrogens is 1. The van der Waals surface area contributed by atoms with Gasteiger partial charge in [-0.25, -0.2) is 0 Å². The van der Waals surface area contributed by atoms with E-state index in [2.05, 4.69) is 4.98 Å². The van der Waals surface area contributed by atoms with Crippen molar-refractivity contribution >= 4 is 11.5 Å². The third kappa shape index (κ3) is 2.99. The van der Waals surface area contributed by atoms with Gasteiger partial charge in [0.2, 0.25) is 0 Å². The van der Waals surface area contributed by atoms with Crippen molar-refractivity contribution in [2.24, 2.45) is 0 Å². The number of hydrogen-bond donors (Lipinski definition) is 1. The van der Waals surface area contributed by atoms with Crippen molar-refractivity contribution in [2.45, 2.75) is 6.92 Å². The van der Waals surface area contributed by atoms with Gasteiger partial charge in [-0.15, -0.1) is 0 Å². The normalized spacial score (nSPS) is 10.2. The minimum atomic E-state index is -0.0688. The largest absolute Gasteiger partial charge is 0.299 e. The summed E-state index contributed by atoms with van der Waals surface area (Å²) >= 11 is 0. The molecule has 1 rings (SSSR count). The fourth-order valence-electron chi connectivity index (χ4n) is 0.808. The maximum Gasteiger partial charge on any atom is 0.152 e. The van der Waals surface area contributed by atoms with Gasteiger partial charge in [0.15, 0.2) is 5.78 Å². The molecule has 0 bridgehead atoms. The van der Waals surface area contributed by atoms with Crippen LogP contribution in [0.3, 0.4) is 0 Å². The summed E-state index contributed by atoms with van der Waals surface area (Å²) < 4.78 is 0. The fourth-order valence-corrected chi connectivity index (χ4v) is 0.808. The van der Waals surface area contributed by atoms with Crippen LogP contribution in [0.4, 0.5) is 0 Å². The molecule has 66 valence electrons. The highest BCUT2D eigenvalue weighted by atomic mass is 16.1. The molecule has 0 aromatic carbocycles. The topological polar surface area (TPSA) is 53.8 Å². The molecule has 0 saturated carbocycles. The van der Waals surface area contributed by atoms with Crippen molar-refractivity contribution in [2.75, 3.05) is 0 Å². The zero-order valence-electron chi connectivity index (χ0n) is 7.32. The number of nitrogens with zero attached hydrogens (tertiary/aromatic N) is 1. The standard InChI is InChI=1S/C10H10N2O/c1-8(13)5-6-9(11)10-4-2-3-7-12-10/h2-7,11H,1H3/b6-5-,11-9?. The first-order valence-electron chi connectivity index (χ1n) is 3.89. The molecule has 0 aliphatic heterocycles. The highest BCUT2D eigenvalue weighted by Crippen LogP contribution is 1.95. The lowest BCUT2D eigenvalue weighted by Crippen LogP contribution is -1.97. The highest BCUT2D eigenvalue weighted by molar-refractivity contribution is 6.07. The zero-order valence-corrected chi connectivity index (χ0v) is 7.32. The molecular weight excluding hydrogens is 164 g/mol. The second-order valence-electron chi connectivity index (χ2n) is 2.57. The van der Waals surface area contributed by atoms with Gasteiger partial charge in [-0.2, -0.15) is 0 Å². The van der Waals surface area contributed by atoms with Gasteiger partial charge in [-0.3, -0.25) is 15.2 Å². The Bertz CT molecular complexity index is 341. The van der Waals surface area contributed by atoms with Gasteiger partial charge in [0.05, 0.1) is 11.4 Å². The molecule has 3 heteroatoms. The first-order valence-corrected chi connectivity index (χ1v) is 3.89. The second-order valence-corrected chi connectivity index (χ2v) is 2.57.